The summed E-state index contributed by atoms with van der Waals surface area (Å²) >= 11 is 0. The van der Waals surface area contributed by atoms with E-state index in [1.54, 1.807) is 42.7 Å². The number of alkyl halides is 2. The summed E-state index contributed by atoms with van der Waals surface area (Å²) in [5.41, 5.74) is 1.99. The zero-order valence-electron chi connectivity index (χ0n) is 14.1. The van der Waals surface area contributed by atoms with Crippen molar-refractivity contribution in [2.24, 2.45) is 0 Å². The van der Waals surface area contributed by atoms with E-state index in [4.69, 9.17) is 0 Å². The highest BCUT2D eigenvalue weighted by Crippen LogP contribution is 2.21. The van der Waals surface area contributed by atoms with Crippen LogP contribution in [0.15, 0.2) is 60.9 Å². The molecule has 1 unspecified atom stereocenters. The first-order valence-electron chi connectivity index (χ1n) is 8.07. The summed E-state index contributed by atoms with van der Waals surface area (Å²) in [5.74, 6) is -0.142. The van der Waals surface area contributed by atoms with E-state index in [2.05, 4.69) is 31.1 Å². The van der Waals surface area contributed by atoms with Crippen molar-refractivity contribution in [3.8, 4) is 11.8 Å². The highest BCUT2D eigenvalue weighted by atomic mass is 19.3. The number of aromatic nitrogens is 3. The van der Waals surface area contributed by atoms with Crippen LogP contribution >= 0.6 is 0 Å². The molecule has 1 atom stereocenters. The third-order valence-corrected chi connectivity index (χ3v) is 3.68. The summed E-state index contributed by atoms with van der Waals surface area (Å²) in [6.07, 6.45) is 3.19. The van der Waals surface area contributed by atoms with Crippen LogP contribution in [0.4, 0.5) is 14.7 Å². The van der Waals surface area contributed by atoms with Gasteiger partial charge in [0.05, 0.1) is 17.5 Å². The Balaban J connectivity index is 1.68. The van der Waals surface area contributed by atoms with Gasteiger partial charge in [0.1, 0.15) is 11.7 Å². The molecule has 27 heavy (non-hydrogen) atoms. The predicted octanol–water partition coefficient (Wildman–Crippen LogP) is 3.74. The number of nitriles is 1. The monoisotopic (exact) mass is 367 g/mol. The van der Waals surface area contributed by atoms with Gasteiger partial charge in [-0.1, -0.05) is 18.2 Å². The van der Waals surface area contributed by atoms with Gasteiger partial charge in [0.25, 0.3) is 0 Å². The molecule has 136 valence electrons. The van der Waals surface area contributed by atoms with Crippen LogP contribution in [0.5, 0.6) is 5.75 Å². The van der Waals surface area contributed by atoms with Gasteiger partial charge in [0, 0.05) is 18.9 Å². The minimum Gasteiger partial charge on any atom is -0.435 e. The van der Waals surface area contributed by atoms with Crippen molar-refractivity contribution in [3.05, 3.63) is 77.9 Å². The lowest BCUT2D eigenvalue weighted by atomic mass is 10.0. The van der Waals surface area contributed by atoms with E-state index in [0.717, 1.165) is 5.56 Å². The van der Waals surface area contributed by atoms with Crippen LogP contribution in [0, 0.1) is 11.3 Å². The van der Waals surface area contributed by atoms with Gasteiger partial charge in [-0.2, -0.15) is 14.0 Å². The number of halogens is 2. The van der Waals surface area contributed by atoms with Crippen LogP contribution in [-0.4, -0.2) is 21.6 Å². The summed E-state index contributed by atoms with van der Waals surface area (Å²) in [7, 11) is 0. The van der Waals surface area contributed by atoms with E-state index >= 15 is 0 Å². The van der Waals surface area contributed by atoms with Gasteiger partial charge in [-0.15, -0.1) is 0 Å². The molecule has 0 radical (unpaired) electrons. The van der Waals surface area contributed by atoms with Gasteiger partial charge in [-0.05, 0) is 35.9 Å². The highest BCUT2D eigenvalue weighted by Gasteiger charge is 2.16. The van der Waals surface area contributed by atoms with Gasteiger partial charge in [-0.3, -0.25) is 4.98 Å². The molecule has 6 nitrogen and oxygen atoms in total. The number of benzene rings is 1. The molecule has 2 heterocycles. The fourth-order valence-corrected chi connectivity index (χ4v) is 2.42. The largest absolute Gasteiger partial charge is 0.435 e. The molecule has 0 aliphatic carbocycles. The van der Waals surface area contributed by atoms with Crippen molar-refractivity contribution in [2.75, 3.05) is 5.32 Å². The van der Waals surface area contributed by atoms with Crippen molar-refractivity contribution in [3.63, 3.8) is 0 Å². The second kappa shape index (κ2) is 8.67. The van der Waals surface area contributed by atoms with Crippen molar-refractivity contribution < 1.29 is 13.5 Å². The van der Waals surface area contributed by atoms with E-state index in [1.165, 1.54) is 12.1 Å². The Labute approximate surface area is 154 Å². The molecule has 0 amide bonds. The third kappa shape index (κ3) is 4.95. The standard InChI is InChI=1S/C19H15F2N5O/c20-18(21)27-14-6-4-13(5-7-14)12-25-19-24-10-8-17(26-19)15(11-22)16-3-1-2-9-23-16/h1-10,15,18H,12H2,(H,24,25,26). The van der Waals surface area contributed by atoms with Gasteiger partial charge >= 0.3 is 6.61 Å². The van der Waals surface area contributed by atoms with Crippen molar-refractivity contribution >= 4 is 5.95 Å². The number of anilines is 1. The maximum absolute atomic E-state index is 12.2. The molecule has 0 saturated carbocycles. The molecule has 3 aromatic rings. The summed E-state index contributed by atoms with van der Waals surface area (Å²) in [4.78, 5) is 12.7. The summed E-state index contributed by atoms with van der Waals surface area (Å²) < 4.78 is 28.6. The van der Waals surface area contributed by atoms with Crippen LogP contribution < -0.4 is 10.1 Å². The first-order valence-corrected chi connectivity index (χ1v) is 8.07. The normalized spacial score (nSPS) is 11.6. The lowest BCUT2D eigenvalue weighted by molar-refractivity contribution is -0.0498. The number of ether oxygens (including phenoxy) is 1. The lowest BCUT2D eigenvalue weighted by Crippen LogP contribution is -2.08. The number of nitrogens with zero attached hydrogens (tertiary/aromatic N) is 4. The Kier molecular flexibility index (Phi) is 5.84. The van der Waals surface area contributed by atoms with Gasteiger partial charge in [0.2, 0.25) is 5.95 Å². The smallest absolute Gasteiger partial charge is 0.387 e. The minimum absolute atomic E-state index is 0.0965. The Hall–Kier alpha value is -3.60. The molecule has 0 aliphatic rings. The summed E-state index contributed by atoms with van der Waals surface area (Å²) in [6, 6.07) is 15.5. The van der Waals surface area contributed by atoms with Gasteiger partial charge in [0.15, 0.2) is 0 Å². The van der Waals surface area contributed by atoms with E-state index < -0.39 is 12.5 Å². The molecule has 0 saturated heterocycles. The van der Waals surface area contributed by atoms with Crippen LogP contribution in [0.3, 0.4) is 0 Å². The fourth-order valence-electron chi connectivity index (χ4n) is 2.42. The van der Waals surface area contributed by atoms with E-state index in [1.807, 2.05) is 6.07 Å². The maximum atomic E-state index is 12.2. The van der Waals surface area contributed by atoms with E-state index in [0.29, 0.717) is 23.9 Å². The zero-order valence-corrected chi connectivity index (χ0v) is 14.1. The Morgan fingerprint density at radius 3 is 2.48 bits per heavy atom. The quantitative estimate of drug-likeness (QED) is 0.685. The topological polar surface area (TPSA) is 83.7 Å². The number of hydrogen-bond donors (Lipinski definition) is 1. The molecule has 2 aromatic heterocycles. The summed E-state index contributed by atoms with van der Waals surface area (Å²) in [5, 5.41) is 12.5. The zero-order chi connectivity index (χ0) is 19.1. The molecular formula is C19H15F2N5O. The molecule has 8 heteroatoms. The third-order valence-electron chi connectivity index (χ3n) is 3.68. The second-order valence-electron chi connectivity index (χ2n) is 5.50. The number of pyridine rings is 1. The molecule has 0 fully saturated rings. The van der Waals surface area contributed by atoms with Crippen molar-refractivity contribution in [1.82, 2.24) is 15.0 Å². The van der Waals surface area contributed by atoms with Gasteiger partial charge in [-0.25, -0.2) is 9.97 Å². The Bertz CT molecular complexity index is 913. The lowest BCUT2D eigenvalue weighted by Gasteiger charge is -2.10. The summed E-state index contributed by atoms with van der Waals surface area (Å²) in [6.45, 7) is -2.46. The van der Waals surface area contributed by atoms with Crippen LogP contribution in [-0.2, 0) is 6.54 Å². The predicted molar refractivity (Wildman–Crippen MR) is 94.1 cm³/mol. The minimum atomic E-state index is -2.85. The number of hydrogen-bond acceptors (Lipinski definition) is 6. The second-order valence-corrected chi connectivity index (χ2v) is 5.50. The van der Waals surface area contributed by atoms with E-state index in [9.17, 15) is 14.0 Å². The van der Waals surface area contributed by atoms with E-state index in [-0.39, 0.29) is 5.75 Å². The Morgan fingerprint density at radius 2 is 1.81 bits per heavy atom. The van der Waals surface area contributed by atoms with Crippen molar-refractivity contribution in [1.29, 1.82) is 5.26 Å². The molecular weight excluding hydrogens is 352 g/mol. The molecule has 0 bridgehead atoms. The Morgan fingerprint density at radius 1 is 1.00 bits per heavy atom. The average molecular weight is 367 g/mol. The van der Waals surface area contributed by atoms with Crippen LogP contribution in [0.2, 0.25) is 0 Å². The van der Waals surface area contributed by atoms with Crippen LogP contribution in [0.1, 0.15) is 22.9 Å². The van der Waals surface area contributed by atoms with Crippen LogP contribution in [0.25, 0.3) is 0 Å². The van der Waals surface area contributed by atoms with Gasteiger partial charge < -0.3 is 10.1 Å². The fraction of sp³-hybridized carbons (Fsp3) is 0.158. The SMILES string of the molecule is N#CC(c1ccccn1)c1ccnc(NCc2ccc(OC(F)F)cc2)n1. The highest BCUT2D eigenvalue weighted by molar-refractivity contribution is 5.35. The molecule has 1 N–H and O–H groups in total. The number of nitrogens with one attached hydrogen (secondary N) is 1. The maximum Gasteiger partial charge on any atom is 0.387 e. The van der Waals surface area contributed by atoms with Crippen molar-refractivity contribution in [2.45, 2.75) is 19.1 Å². The first-order chi connectivity index (χ1) is 13.2. The first kappa shape index (κ1) is 18.2. The average Bonchev–Trinajstić information content (AvgIpc) is 2.69. The molecule has 3 rings (SSSR count). The molecule has 0 spiro atoms. The molecule has 0 aliphatic heterocycles. The number of rotatable bonds is 7. The molecule has 1 aromatic carbocycles.